The van der Waals surface area contributed by atoms with Crippen LogP contribution in [0.4, 0.5) is 4.39 Å². The zero-order chi connectivity index (χ0) is 13.9. The van der Waals surface area contributed by atoms with Crippen molar-refractivity contribution in [2.45, 2.75) is 44.2 Å². The Morgan fingerprint density at radius 1 is 1.42 bits per heavy atom. The van der Waals surface area contributed by atoms with Crippen molar-refractivity contribution in [2.24, 2.45) is 0 Å². The molecule has 2 rings (SSSR count). The first-order valence-corrected chi connectivity index (χ1v) is 7.21. The minimum absolute atomic E-state index is 0.0998. The maximum absolute atomic E-state index is 13.5. The van der Waals surface area contributed by atoms with Crippen LogP contribution in [0.15, 0.2) is 22.7 Å². The summed E-state index contributed by atoms with van der Waals surface area (Å²) in [5.41, 5.74) is -0.430. The molecule has 1 fully saturated rings. The van der Waals surface area contributed by atoms with Crippen molar-refractivity contribution < 1.29 is 14.3 Å². The van der Waals surface area contributed by atoms with Crippen molar-refractivity contribution in [1.29, 1.82) is 0 Å². The summed E-state index contributed by atoms with van der Waals surface area (Å²) in [5, 5.41) is 12.8. The first kappa shape index (κ1) is 14.5. The third-order valence-electron chi connectivity index (χ3n) is 3.51. The highest BCUT2D eigenvalue weighted by Gasteiger charge is 2.33. The van der Waals surface area contributed by atoms with Crippen LogP contribution in [0.1, 0.15) is 37.7 Å². The SMILES string of the molecule is O=C(CC1(O)CCCC1)NCc1cc(Br)ccc1F. The molecule has 1 aliphatic carbocycles. The molecule has 1 aromatic rings. The van der Waals surface area contributed by atoms with Gasteiger partial charge in [0.15, 0.2) is 0 Å². The summed E-state index contributed by atoms with van der Waals surface area (Å²) in [6.45, 7) is 0.139. The van der Waals surface area contributed by atoms with Gasteiger partial charge in [0.2, 0.25) is 5.91 Å². The van der Waals surface area contributed by atoms with Gasteiger partial charge in [-0.1, -0.05) is 28.8 Å². The van der Waals surface area contributed by atoms with E-state index in [0.717, 1.165) is 17.3 Å². The number of rotatable bonds is 4. The van der Waals surface area contributed by atoms with Gasteiger partial charge in [-0.3, -0.25) is 4.79 Å². The molecule has 1 aromatic carbocycles. The van der Waals surface area contributed by atoms with E-state index in [-0.39, 0.29) is 24.7 Å². The van der Waals surface area contributed by atoms with Gasteiger partial charge in [-0.2, -0.15) is 0 Å². The fraction of sp³-hybridized carbons (Fsp3) is 0.500. The van der Waals surface area contributed by atoms with Crippen molar-refractivity contribution in [2.75, 3.05) is 0 Å². The van der Waals surface area contributed by atoms with Crippen molar-refractivity contribution >= 4 is 21.8 Å². The number of benzene rings is 1. The van der Waals surface area contributed by atoms with E-state index < -0.39 is 5.60 Å². The summed E-state index contributed by atoms with van der Waals surface area (Å²) in [6, 6.07) is 4.61. The molecule has 0 atom stereocenters. The van der Waals surface area contributed by atoms with Gasteiger partial charge in [0, 0.05) is 16.6 Å². The van der Waals surface area contributed by atoms with Crippen LogP contribution < -0.4 is 5.32 Å². The van der Waals surface area contributed by atoms with E-state index in [2.05, 4.69) is 21.2 Å². The average Bonchev–Trinajstić information content (AvgIpc) is 2.77. The Kier molecular flexibility index (Phi) is 4.58. The summed E-state index contributed by atoms with van der Waals surface area (Å²) in [7, 11) is 0. The lowest BCUT2D eigenvalue weighted by Gasteiger charge is -2.21. The summed E-state index contributed by atoms with van der Waals surface area (Å²) >= 11 is 3.26. The molecule has 19 heavy (non-hydrogen) atoms. The number of halogens is 2. The van der Waals surface area contributed by atoms with Gasteiger partial charge in [-0.25, -0.2) is 4.39 Å². The predicted octanol–water partition coefficient (Wildman–Crippen LogP) is 2.90. The van der Waals surface area contributed by atoms with Crippen LogP contribution in [-0.4, -0.2) is 16.6 Å². The maximum Gasteiger partial charge on any atom is 0.223 e. The van der Waals surface area contributed by atoms with Crippen molar-refractivity contribution in [3.8, 4) is 0 Å². The Hall–Kier alpha value is -0.940. The van der Waals surface area contributed by atoms with Crippen LogP contribution in [0.2, 0.25) is 0 Å². The third kappa shape index (κ3) is 4.01. The molecule has 0 aromatic heterocycles. The lowest BCUT2D eigenvalue weighted by molar-refractivity contribution is -0.126. The topological polar surface area (TPSA) is 49.3 Å². The van der Waals surface area contributed by atoms with Gasteiger partial charge in [0.05, 0.1) is 12.0 Å². The first-order chi connectivity index (χ1) is 8.98. The highest BCUT2D eigenvalue weighted by Crippen LogP contribution is 2.32. The molecule has 0 bridgehead atoms. The van der Waals surface area contributed by atoms with Crippen LogP contribution in [0.3, 0.4) is 0 Å². The van der Waals surface area contributed by atoms with Gasteiger partial charge in [0.1, 0.15) is 5.82 Å². The van der Waals surface area contributed by atoms with E-state index in [1.165, 1.54) is 6.07 Å². The zero-order valence-corrected chi connectivity index (χ0v) is 12.2. The summed E-state index contributed by atoms with van der Waals surface area (Å²) in [5.74, 6) is -0.577. The molecule has 0 saturated heterocycles. The number of carbonyl (C=O) groups excluding carboxylic acids is 1. The smallest absolute Gasteiger partial charge is 0.223 e. The number of nitrogens with one attached hydrogen (secondary N) is 1. The molecule has 104 valence electrons. The van der Waals surface area contributed by atoms with E-state index in [0.29, 0.717) is 18.4 Å². The van der Waals surface area contributed by atoms with Crippen LogP contribution in [0.5, 0.6) is 0 Å². The second kappa shape index (κ2) is 6.01. The van der Waals surface area contributed by atoms with E-state index in [1.807, 2.05) is 0 Å². The quantitative estimate of drug-likeness (QED) is 0.892. The number of aliphatic hydroxyl groups is 1. The number of carbonyl (C=O) groups is 1. The Morgan fingerprint density at radius 2 is 2.11 bits per heavy atom. The van der Waals surface area contributed by atoms with Gasteiger partial charge in [-0.15, -0.1) is 0 Å². The number of hydrogen-bond acceptors (Lipinski definition) is 2. The van der Waals surface area contributed by atoms with E-state index in [4.69, 9.17) is 0 Å². The summed E-state index contributed by atoms with van der Waals surface area (Å²) < 4.78 is 14.2. The average molecular weight is 330 g/mol. The van der Waals surface area contributed by atoms with Gasteiger partial charge in [-0.05, 0) is 31.0 Å². The second-order valence-corrected chi connectivity index (χ2v) is 6.04. The zero-order valence-electron chi connectivity index (χ0n) is 10.6. The molecule has 2 N–H and O–H groups in total. The Balaban J connectivity index is 1.88. The number of amides is 1. The molecular formula is C14H17BrFNO2. The lowest BCUT2D eigenvalue weighted by Crippen LogP contribution is -2.34. The van der Waals surface area contributed by atoms with E-state index >= 15 is 0 Å². The first-order valence-electron chi connectivity index (χ1n) is 6.42. The Morgan fingerprint density at radius 3 is 2.79 bits per heavy atom. The van der Waals surface area contributed by atoms with Crippen molar-refractivity contribution in [3.63, 3.8) is 0 Å². The summed E-state index contributed by atoms with van der Waals surface area (Å²) in [4.78, 5) is 11.8. The minimum Gasteiger partial charge on any atom is -0.389 e. The van der Waals surface area contributed by atoms with Crippen molar-refractivity contribution in [1.82, 2.24) is 5.32 Å². The normalized spacial score (nSPS) is 17.4. The van der Waals surface area contributed by atoms with Crippen LogP contribution in [0.25, 0.3) is 0 Å². The van der Waals surface area contributed by atoms with Crippen LogP contribution in [-0.2, 0) is 11.3 Å². The maximum atomic E-state index is 13.5. The standard InChI is InChI=1S/C14H17BrFNO2/c15-11-3-4-12(16)10(7-11)9-17-13(18)8-14(19)5-1-2-6-14/h3-4,7,19H,1-2,5-6,8-9H2,(H,17,18). The largest absolute Gasteiger partial charge is 0.389 e. The molecule has 0 aliphatic heterocycles. The predicted molar refractivity (Wildman–Crippen MR) is 74.0 cm³/mol. The molecule has 5 heteroatoms. The molecule has 0 unspecified atom stereocenters. The van der Waals surface area contributed by atoms with Crippen LogP contribution in [0, 0.1) is 5.82 Å². The second-order valence-electron chi connectivity index (χ2n) is 5.12. The van der Waals surface area contributed by atoms with Gasteiger partial charge < -0.3 is 10.4 Å². The minimum atomic E-state index is -0.861. The molecule has 1 saturated carbocycles. The highest BCUT2D eigenvalue weighted by atomic mass is 79.9. The van der Waals surface area contributed by atoms with Gasteiger partial charge in [0.25, 0.3) is 0 Å². The van der Waals surface area contributed by atoms with E-state index in [1.54, 1.807) is 12.1 Å². The molecule has 0 radical (unpaired) electrons. The Bertz CT molecular complexity index is 473. The number of hydrogen-bond donors (Lipinski definition) is 2. The lowest BCUT2D eigenvalue weighted by atomic mass is 9.97. The molecule has 0 spiro atoms. The third-order valence-corrected chi connectivity index (χ3v) is 4.00. The van der Waals surface area contributed by atoms with Crippen LogP contribution >= 0.6 is 15.9 Å². The van der Waals surface area contributed by atoms with Crippen molar-refractivity contribution in [3.05, 3.63) is 34.1 Å². The molecule has 1 aliphatic rings. The Labute approximate surface area is 120 Å². The fourth-order valence-electron chi connectivity index (χ4n) is 2.44. The molecular weight excluding hydrogens is 313 g/mol. The molecule has 0 heterocycles. The summed E-state index contributed by atoms with van der Waals surface area (Å²) in [6.07, 6.45) is 3.37. The molecule has 3 nitrogen and oxygen atoms in total. The highest BCUT2D eigenvalue weighted by molar-refractivity contribution is 9.10. The molecule has 1 amide bonds. The monoisotopic (exact) mass is 329 g/mol. The van der Waals surface area contributed by atoms with E-state index in [9.17, 15) is 14.3 Å². The van der Waals surface area contributed by atoms with Gasteiger partial charge >= 0.3 is 0 Å². The fourth-order valence-corrected chi connectivity index (χ4v) is 2.85.